The molecule has 0 spiro atoms. The van der Waals surface area contributed by atoms with Gasteiger partial charge in [0.2, 0.25) is 5.91 Å². The molecule has 4 rings (SSSR count). The molecule has 0 unspecified atom stereocenters. The number of amides is 2. The molecule has 3 aromatic rings. The number of ether oxygens (including phenoxy) is 1. The summed E-state index contributed by atoms with van der Waals surface area (Å²) < 4.78 is 5.30. The molecule has 3 N–H and O–H groups in total. The standard InChI is InChI=1S/C25H26N4O3/c30-24(18-29-14-16-32-17-15-29)27-20-10-12-21(13-11-20)28-25(31)22-8-4-5-9-23(22)26-19-6-2-1-3-7-19/h1-13,26H,14-18H2,(H,27,30)(H,28,31). The van der Waals surface area contributed by atoms with E-state index >= 15 is 0 Å². The Kier molecular flexibility index (Phi) is 7.12. The second-order valence-electron chi connectivity index (χ2n) is 7.50. The third-order valence-corrected chi connectivity index (χ3v) is 5.12. The number of nitrogens with one attached hydrogen (secondary N) is 3. The van der Waals surface area contributed by atoms with Crippen molar-refractivity contribution in [2.45, 2.75) is 0 Å². The van der Waals surface area contributed by atoms with Gasteiger partial charge in [0.15, 0.2) is 0 Å². The van der Waals surface area contributed by atoms with Crippen molar-refractivity contribution in [2.75, 3.05) is 48.8 Å². The van der Waals surface area contributed by atoms with Crippen molar-refractivity contribution in [3.8, 4) is 0 Å². The number of morpholine rings is 1. The van der Waals surface area contributed by atoms with Crippen molar-refractivity contribution < 1.29 is 14.3 Å². The van der Waals surface area contributed by atoms with Gasteiger partial charge in [-0.1, -0.05) is 30.3 Å². The van der Waals surface area contributed by atoms with E-state index in [0.29, 0.717) is 36.7 Å². The van der Waals surface area contributed by atoms with Gasteiger partial charge in [-0.05, 0) is 48.5 Å². The zero-order valence-electron chi connectivity index (χ0n) is 17.7. The van der Waals surface area contributed by atoms with Crippen molar-refractivity contribution in [2.24, 2.45) is 0 Å². The van der Waals surface area contributed by atoms with E-state index in [9.17, 15) is 9.59 Å². The van der Waals surface area contributed by atoms with E-state index in [4.69, 9.17) is 4.74 Å². The number of rotatable bonds is 7. The molecule has 0 aliphatic carbocycles. The van der Waals surface area contributed by atoms with Crippen molar-refractivity contribution in [3.05, 3.63) is 84.4 Å². The third kappa shape index (κ3) is 5.94. The lowest BCUT2D eigenvalue weighted by Crippen LogP contribution is -2.41. The van der Waals surface area contributed by atoms with Crippen LogP contribution < -0.4 is 16.0 Å². The molecule has 164 valence electrons. The van der Waals surface area contributed by atoms with Crippen molar-refractivity contribution in [1.29, 1.82) is 0 Å². The van der Waals surface area contributed by atoms with E-state index < -0.39 is 0 Å². The minimum absolute atomic E-state index is 0.0652. The van der Waals surface area contributed by atoms with Crippen molar-refractivity contribution in [1.82, 2.24) is 4.90 Å². The van der Waals surface area contributed by atoms with Gasteiger partial charge in [0.05, 0.1) is 31.0 Å². The Bertz CT molecular complexity index is 1050. The van der Waals surface area contributed by atoms with Crippen LogP contribution in [0.1, 0.15) is 10.4 Å². The van der Waals surface area contributed by atoms with Crippen LogP contribution in [0.5, 0.6) is 0 Å². The summed E-state index contributed by atoms with van der Waals surface area (Å²) >= 11 is 0. The number of carbonyl (C=O) groups excluding carboxylic acids is 2. The van der Waals surface area contributed by atoms with Gasteiger partial charge in [0, 0.05) is 30.2 Å². The van der Waals surface area contributed by atoms with Gasteiger partial charge in [-0.15, -0.1) is 0 Å². The first-order valence-electron chi connectivity index (χ1n) is 10.6. The van der Waals surface area contributed by atoms with Crippen LogP contribution in [-0.4, -0.2) is 49.6 Å². The largest absolute Gasteiger partial charge is 0.379 e. The monoisotopic (exact) mass is 430 g/mol. The summed E-state index contributed by atoms with van der Waals surface area (Å²) in [5.74, 6) is -0.280. The summed E-state index contributed by atoms with van der Waals surface area (Å²) in [4.78, 5) is 27.2. The fourth-order valence-corrected chi connectivity index (χ4v) is 3.47. The molecule has 0 radical (unpaired) electrons. The molecule has 32 heavy (non-hydrogen) atoms. The molecule has 0 aromatic heterocycles. The normalized spacial score (nSPS) is 13.9. The van der Waals surface area contributed by atoms with E-state index in [2.05, 4.69) is 20.9 Å². The highest BCUT2D eigenvalue weighted by atomic mass is 16.5. The Morgan fingerprint density at radius 3 is 2.09 bits per heavy atom. The summed E-state index contributed by atoms with van der Waals surface area (Å²) in [7, 11) is 0. The first kappa shape index (κ1) is 21.5. The Morgan fingerprint density at radius 2 is 1.38 bits per heavy atom. The summed E-state index contributed by atoms with van der Waals surface area (Å²) in [6.07, 6.45) is 0. The highest BCUT2D eigenvalue weighted by Crippen LogP contribution is 2.22. The first-order chi connectivity index (χ1) is 15.7. The van der Waals surface area contributed by atoms with Gasteiger partial charge < -0.3 is 20.7 Å². The maximum atomic E-state index is 12.9. The highest BCUT2D eigenvalue weighted by molar-refractivity contribution is 6.08. The molecule has 1 saturated heterocycles. The fraction of sp³-hybridized carbons (Fsp3) is 0.200. The number of anilines is 4. The molecule has 1 fully saturated rings. The molecule has 1 heterocycles. The van der Waals surface area contributed by atoms with Crippen LogP contribution in [0.3, 0.4) is 0 Å². The smallest absolute Gasteiger partial charge is 0.257 e. The van der Waals surface area contributed by atoms with Crippen LogP contribution in [-0.2, 0) is 9.53 Å². The number of benzene rings is 3. The lowest BCUT2D eigenvalue weighted by atomic mass is 10.1. The average molecular weight is 431 g/mol. The number of carbonyl (C=O) groups is 2. The fourth-order valence-electron chi connectivity index (χ4n) is 3.47. The predicted molar refractivity (Wildman–Crippen MR) is 126 cm³/mol. The third-order valence-electron chi connectivity index (χ3n) is 5.12. The molecule has 0 atom stereocenters. The Hall–Kier alpha value is -3.68. The topological polar surface area (TPSA) is 82.7 Å². The summed E-state index contributed by atoms with van der Waals surface area (Å²) in [5.41, 5.74) is 3.51. The first-order valence-corrected chi connectivity index (χ1v) is 10.6. The number of hydrogen-bond acceptors (Lipinski definition) is 5. The molecular weight excluding hydrogens is 404 g/mol. The van der Waals surface area contributed by atoms with E-state index in [1.165, 1.54) is 0 Å². The van der Waals surface area contributed by atoms with Gasteiger partial charge >= 0.3 is 0 Å². The SMILES string of the molecule is O=C(CN1CCOCC1)Nc1ccc(NC(=O)c2ccccc2Nc2ccccc2)cc1. The maximum absolute atomic E-state index is 12.9. The minimum atomic E-state index is -0.215. The zero-order chi connectivity index (χ0) is 22.2. The Labute approximate surface area is 187 Å². The summed E-state index contributed by atoms with van der Waals surface area (Å²) in [6, 6.07) is 24.2. The van der Waals surface area contributed by atoms with Crippen molar-refractivity contribution >= 4 is 34.6 Å². The van der Waals surface area contributed by atoms with Crippen LogP contribution in [0.4, 0.5) is 22.7 Å². The number of nitrogens with zero attached hydrogens (tertiary/aromatic N) is 1. The molecule has 0 saturated carbocycles. The van der Waals surface area contributed by atoms with Crippen LogP contribution in [0.25, 0.3) is 0 Å². The van der Waals surface area contributed by atoms with Crippen LogP contribution >= 0.6 is 0 Å². The van der Waals surface area contributed by atoms with E-state index in [1.807, 2.05) is 48.5 Å². The van der Waals surface area contributed by atoms with Gasteiger partial charge in [0.1, 0.15) is 0 Å². The van der Waals surface area contributed by atoms with Gasteiger partial charge in [-0.3, -0.25) is 14.5 Å². The second kappa shape index (κ2) is 10.6. The van der Waals surface area contributed by atoms with Crippen LogP contribution in [0.15, 0.2) is 78.9 Å². The van der Waals surface area contributed by atoms with Crippen LogP contribution in [0, 0.1) is 0 Å². The van der Waals surface area contributed by atoms with Crippen molar-refractivity contribution in [3.63, 3.8) is 0 Å². The Morgan fingerprint density at radius 1 is 0.750 bits per heavy atom. The number of hydrogen-bond donors (Lipinski definition) is 3. The molecule has 3 aromatic carbocycles. The van der Waals surface area contributed by atoms with Gasteiger partial charge in [0.25, 0.3) is 5.91 Å². The predicted octanol–water partition coefficient (Wildman–Crippen LogP) is 3.95. The molecule has 7 nitrogen and oxygen atoms in total. The van der Waals surface area contributed by atoms with E-state index in [-0.39, 0.29) is 11.8 Å². The van der Waals surface area contributed by atoms with Gasteiger partial charge in [-0.25, -0.2) is 0 Å². The Balaban J connectivity index is 1.35. The summed E-state index contributed by atoms with van der Waals surface area (Å²) in [6.45, 7) is 3.18. The molecule has 2 amide bonds. The summed E-state index contributed by atoms with van der Waals surface area (Å²) in [5, 5.41) is 9.09. The zero-order valence-corrected chi connectivity index (χ0v) is 17.7. The van der Waals surface area contributed by atoms with E-state index in [0.717, 1.165) is 24.5 Å². The molecule has 1 aliphatic heterocycles. The average Bonchev–Trinajstić information content (AvgIpc) is 2.82. The number of para-hydroxylation sites is 2. The lowest BCUT2D eigenvalue weighted by Gasteiger charge is -2.25. The highest BCUT2D eigenvalue weighted by Gasteiger charge is 2.15. The van der Waals surface area contributed by atoms with Crippen LogP contribution in [0.2, 0.25) is 0 Å². The second-order valence-corrected chi connectivity index (χ2v) is 7.50. The molecule has 7 heteroatoms. The quantitative estimate of drug-likeness (QED) is 0.529. The molecular formula is C25H26N4O3. The van der Waals surface area contributed by atoms with Gasteiger partial charge in [-0.2, -0.15) is 0 Å². The maximum Gasteiger partial charge on any atom is 0.257 e. The molecule has 1 aliphatic rings. The van der Waals surface area contributed by atoms with E-state index in [1.54, 1.807) is 30.3 Å². The lowest BCUT2D eigenvalue weighted by molar-refractivity contribution is -0.118. The molecule has 0 bridgehead atoms. The minimum Gasteiger partial charge on any atom is -0.379 e.